The SMILES string of the molecule is Cc1ccc(N2C(=O)C(NC(=O)CCNc3ccnc4cc(Cl)ccc34)[C@@H]2/C=C/c2ccccc2)cc1. The van der Waals surface area contributed by atoms with E-state index in [0.717, 1.165) is 33.4 Å². The van der Waals surface area contributed by atoms with E-state index in [-0.39, 0.29) is 24.3 Å². The molecule has 6 nitrogen and oxygen atoms in total. The summed E-state index contributed by atoms with van der Waals surface area (Å²) in [6.45, 7) is 2.43. The third-order valence-corrected chi connectivity index (χ3v) is 6.66. The molecule has 7 heteroatoms. The third-order valence-electron chi connectivity index (χ3n) is 6.43. The molecule has 2 amide bonds. The molecular formula is C30H27ClN4O2. The lowest BCUT2D eigenvalue weighted by Crippen LogP contribution is -2.70. The zero-order chi connectivity index (χ0) is 25.8. The number of pyridine rings is 1. The Balaban J connectivity index is 1.25. The highest BCUT2D eigenvalue weighted by Gasteiger charge is 2.47. The molecule has 3 aromatic carbocycles. The van der Waals surface area contributed by atoms with E-state index >= 15 is 0 Å². The molecule has 186 valence electrons. The summed E-state index contributed by atoms with van der Waals surface area (Å²) >= 11 is 6.07. The topological polar surface area (TPSA) is 74.3 Å². The largest absolute Gasteiger partial charge is 0.384 e. The van der Waals surface area contributed by atoms with Gasteiger partial charge in [0.1, 0.15) is 6.04 Å². The molecular weight excluding hydrogens is 484 g/mol. The van der Waals surface area contributed by atoms with Crippen molar-refractivity contribution in [3.8, 4) is 0 Å². The van der Waals surface area contributed by atoms with Crippen molar-refractivity contribution >= 4 is 51.8 Å². The number of aromatic nitrogens is 1. The van der Waals surface area contributed by atoms with Crippen molar-refractivity contribution in [3.05, 3.63) is 107 Å². The second-order valence-electron chi connectivity index (χ2n) is 9.05. The van der Waals surface area contributed by atoms with Crippen LogP contribution in [0.1, 0.15) is 17.5 Å². The van der Waals surface area contributed by atoms with Gasteiger partial charge in [0.2, 0.25) is 5.91 Å². The van der Waals surface area contributed by atoms with Crippen LogP contribution in [0.3, 0.4) is 0 Å². The van der Waals surface area contributed by atoms with E-state index < -0.39 is 6.04 Å². The summed E-state index contributed by atoms with van der Waals surface area (Å²) in [6.07, 6.45) is 5.89. The van der Waals surface area contributed by atoms with Crippen molar-refractivity contribution in [2.45, 2.75) is 25.4 Å². The first-order valence-electron chi connectivity index (χ1n) is 12.2. The number of nitrogens with zero attached hydrogens (tertiary/aromatic N) is 2. The Morgan fingerprint density at radius 3 is 2.62 bits per heavy atom. The number of rotatable bonds is 8. The molecule has 1 unspecified atom stereocenters. The van der Waals surface area contributed by atoms with E-state index in [1.54, 1.807) is 17.2 Å². The number of amides is 2. The molecule has 1 aromatic heterocycles. The van der Waals surface area contributed by atoms with Crippen LogP contribution in [0.4, 0.5) is 11.4 Å². The van der Waals surface area contributed by atoms with Crippen molar-refractivity contribution in [2.75, 3.05) is 16.8 Å². The summed E-state index contributed by atoms with van der Waals surface area (Å²) in [6, 6.07) is 24.2. The minimum absolute atomic E-state index is 0.120. The van der Waals surface area contributed by atoms with Crippen LogP contribution in [0, 0.1) is 6.92 Å². The summed E-state index contributed by atoms with van der Waals surface area (Å²) in [7, 11) is 0. The second-order valence-corrected chi connectivity index (χ2v) is 9.48. The predicted molar refractivity (Wildman–Crippen MR) is 150 cm³/mol. The first-order valence-corrected chi connectivity index (χ1v) is 12.6. The standard InChI is InChI=1S/C30H27ClN4O2/c1-20-7-11-23(12-8-20)35-27(14-9-21-5-3-2-4-6-21)29(30(35)37)34-28(36)16-18-32-25-15-17-33-26-19-22(31)10-13-24(25)26/h2-15,17,19,27,29H,16,18H2,1H3,(H,32,33)(H,34,36)/b14-9+/t27-,29?/m0/s1. The molecule has 1 aliphatic rings. The smallest absolute Gasteiger partial charge is 0.252 e. The van der Waals surface area contributed by atoms with Crippen LogP contribution in [0.15, 0.2) is 91.1 Å². The van der Waals surface area contributed by atoms with Gasteiger partial charge in [-0.2, -0.15) is 0 Å². The van der Waals surface area contributed by atoms with Crippen molar-refractivity contribution in [2.24, 2.45) is 0 Å². The number of benzene rings is 3. The van der Waals surface area contributed by atoms with Gasteiger partial charge >= 0.3 is 0 Å². The van der Waals surface area contributed by atoms with E-state index in [2.05, 4.69) is 15.6 Å². The lowest BCUT2D eigenvalue weighted by Gasteiger charge is -2.46. The maximum absolute atomic E-state index is 13.1. The Kier molecular flexibility index (Phi) is 7.19. The summed E-state index contributed by atoms with van der Waals surface area (Å²) in [5, 5.41) is 7.80. The fraction of sp³-hybridized carbons (Fsp3) is 0.167. The zero-order valence-corrected chi connectivity index (χ0v) is 21.2. The average molecular weight is 511 g/mol. The van der Waals surface area contributed by atoms with Crippen LogP contribution in [-0.2, 0) is 9.59 Å². The first kappa shape index (κ1) is 24.5. The van der Waals surface area contributed by atoms with E-state index in [1.807, 2.05) is 91.9 Å². The number of fused-ring (bicyclic) bond motifs is 1. The van der Waals surface area contributed by atoms with Gasteiger partial charge in [0.25, 0.3) is 5.91 Å². The van der Waals surface area contributed by atoms with Gasteiger partial charge < -0.3 is 15.5 Å². The minimum Gasteiger partial charge on any atom is -0.384 e. The second kappa shape index (κ2) is 10.8. The normalized spacial score (nSPS) is 17.1. The maximum atomic E-state index is 13.1. The number of hydrogen-bond donors (Lipinski definition) is 2. The average Bonchev–Trinajstić information content (AvgIpc) is 2.91. The monoisotopic (exact) mass is 510 g/mol. The number of nitrogens with one attached hydrogen (secondary N) is 2. The van der Waals surface area contributed by atoms with Crippen LogP contribution < -0.4 is 15.5 Å². The number of anilines is 2. The third kappa shape index (κ3) is 5.49. The van der Waals surface area contributed by atoms with Gasteiger partial charge in [-0.3, -0.25) is 14.6 Å². The Hall–Kier alpha value is -4.16. The van der Waals surface area contributed by atoms with Gasteiger partial charge in [-0.25, -0.2) is 0 Å². The fourth-order valence-corrected chi connectivity index (χ4v) is 4.63. The zero-order valence-electron chi connectivity index (χ0n) is 20.4. The van der Waals surface area contributed by atoms with Gasteiger partial charge in [-0.15, -0.1) is 0 Å². The Bertz CT molecular complexity index is 1450. The highest BCUT2D eigenvalue weighted by molar-refractivity contribution is 6.31. The number of carbonyl (C=O) groups excluding carboxylic acids is 2. The van der Waals surface area contributed by atoms with E-state index in [0.29, 0.717) is 11.6 Å². The summed E-state index contributed by atoms with van der Waals surface area (Å²) in [4.78, 5) is 32.0. The predicted octanol–water partition coefficient (Wildman–Crippen LogP) is 5.61. The van der Waals surface area contributed by atoms with Gasteiger partial charge in [-0.1, -0.05) is 71.8 Å². The first-order chi connectivity index (χ1) is 18.0. The number of carbonyl (C=O) groups is 2. The molecule has 0 saturated carbocycles. The van der Waals surface area contributed by atoms with Gasteiger partial charge in [0, 0.05) is 40.9 Å². The molecule has 2 atom stereocenters. The summed E-state index contributed by atoms with van der Waals surface area (Å²) in [5.41, 5.74) is 4.63. The van der Waals surface area contributed by atoms with Gasteiger partial charge in [-0.05, 0) is 48.9 Å². The van der Waals surface area contributed by atoms with Crippen LogP contribution in [0.25, 0.3) is 17.0 Å². The molecule has 1 saturated heterocycles. The lowest BCUT2D eigenvalue weighted by atomic mass is 9.92. The lowest BCUT2D eigenvalue weighted by molar-refractivity contribution is -0.131. The van der Waals surface area contributed by atoms with E-state index in [4.69, 9.17) is 11.6 Å². The van der Waals surface area contributed by atoms with Crippen molar-refractivity contribution in [1.29, 1.82) is 0 Å². The quantitative estimate of drug-likeness (QED) is 0.302. The Labute approximate surface area is 221 Å². The minimum atomic E-state index is -0.613. The number of hydrogen-bond acceptors (Lipinski definition) is 4. The van der Waals surface area contributed by atoms with E-state index in [9.17, 15) is 9.59 Å². The van der Waals surface area contributed by atoms with Crippen LogP contribution in [-0.4, -0.2) is 35.4 Å². The molecule has 1 aliphatic heterocycles. The highest BCUT2D eigenvalue weighted by atomic mass is 35.5. The molecule has 2 N–H and O–H groups in total. The molecule has 0 aliphatic carbocycles. The van der Waals surface area contributed by atoms with Crippen molar-refractivity contribution in [1.82, 2.24) is 10.3 Å². The maximum Gasteiger partial charge on any atom is 0.252 e. The molecule has 5 rings (SSSR count). The molecule has 0 bridgehead atoms. The molecule has 4 aromatic rings. The molecule has 0 radical (unpaired) electrons. The molecule has 2 heterocycles. The van der Waals surface area contributed by atoms with Crippen molar-refractivity contribution < 1.29 is 9.59 Å². The van der Waals surface area contributed by atoms with Crippen molar-refractivity contribution in [3.63, 3.8) is 0 Å². The van der Waals surface area contributed by atoms with Gasteiger partial charge in [0.05, 0.1) is 11.6 Å². The fourth-order valence-electron chi connectivity index (χ4n) is 4.46. The molecule has 37 heavy (non-hydrogen) atoms. The highest BCUT2D eigenvalue weighted by Crippen LogP contribution is 2.30. The van der Waals surface area contributed by atoms with E-state index in [1.165, 1.54) is 0 Å². The summed E-state index contributed by atoms with van der Waals surface area (Å²) < 4.78 is 0. The Morgan fingerprint density at radius 2 is 1.84 bits per heavy atom. The van der Waals surface area contributed by atoms with Crippen LogP contribution in [0.2, 0.25) is 5.02 Å². The van der Waals surface area contributed by atoms with Gasteiger partial charge in [0.15, 0.2) is 0 Å². The molecule has 1 fully saturated rings. The molecule has 0 spiro atoms. The van der Waals surface area contributed by atoms with Crippen LogP contribution >= 0.6 is 11.6 Å². The van der Waals surface area contributed by atoms with Crippen LogP contribution in [0.5, 0.6) is 0 Å². The number of aryl methyl sites for hydroxylation is 1. The number of halogens is 1. The Morgan fingerprint density at radius 1 is 1.05 bits per heavy atom. The summed E-state index contributed by atoms with van der Waals surface area (Å²) in [5.74, 6) is -0.307. The number of β-lactam (4-membered cyclic amide) rings is 1.